The van der Waals surface area contributed by atoms with Crippen LogP contribution in [-0.4, -0.2) is 50.5 Å². The van der Waals surface area contributed by atoms with E-state index in [1.54, 1.807) is 12.1 Å². The fourth-order valence-corrected chi connectivity index (χ4v) is 1.000. The third-order valence-electron chi connectivity index (χ3n) is 1.42. The van der Waals surface area contributed by atoms with Crippen molar-refractivity contribution in [2.45, 2.75) is 0 Å². The monoisotopic (exact) mass is 220 g/mol. The number of nitro benzene ring substituents is 1. The zero-order valence-electron chi connectivity index (χ0n) is 8.21. The first-order valence-corrected chi connectivity index (χ1v) is 5.10. The van der Waals surface area contributed by atoms with Gasteiger partial charge in [0.15, 0.2) is 0 Å². The average Bonchev–Trinajstić information content (AvgIpc) is 2.19. The molecule has 0 fully saturated rings. The van der Waals surface area contributed by atoms with Crippen molar-refractivity contribution >= 4 is 42.4 Å². The number of nitro groups is 1. The molecule has 15 heavy (non-hydrogen) atoms. The molecule has 0 atom stereocenters. The van der Waals surface area contributed by atoms with Gasteiger partial charge in [-0.3, -0.25) is 4.79 Å². The average molecular weight is 220 g/mol. The van der Waals surface area contributed by atoms with E-state index < -0.39 is 5.97 Å². The molecule has 0 bridgehead atoms. The summed E-state index contributed by atoms with van der Waals surface area (Å²) in [6.45, 7) is -0.278. The zero-order chi connectivity index (χ0) is 11.8. The van der Waals surface area contributed by atoms with Gasteiger partial charge in [0.25, 0.3) is 0 Å². The SMILES string of the molecule is NCC(=O)O.O=[N+]([O-])c1cc[c]([Na])cc1. The maximum atomic E-state index is 10.1. The molecule has 1 aromatic carbocycles. The predicted molar refractivity (Wildman–Crippen MR) is 55.2 cm³/mol. The van der Waals surface area contributed by atoms with E-state index in [0.29, 0.717) is 0 Å². The predicted octanol–water partition coefficient (Wildman–Crippen LogP) is -0.582. The Balaban J connectivity index is 0.000000336. The van der Waals surface area contributed by atoms with Gasteiger partial charge < -0.3 is 10.8 Å². The zero-order valence-corrected chi connectivity index (χ0v) is 10.2. The first-order valence-electron chi connectivity index (χ1n) is 4.10. The summed E-state index contributed by atoms with van der Waals surface area (Å²) in [5, 5.41) is 17.7. The Hall–Kier alpha value is -0.950. The molecule has 0 amide bonds. The van der Waals surface area contributed by atoms with Crippen LogP contribution in [0.2, 0.25) is 0 Å². The Kier molecular flexibility index (Phi) is 6.89. The summed E-state index contributed by atoms with van der Waals surface area (Å²) in [5.74, 6) is -0.968. The normalized spacial score (nSPS) is 8.73. The molecule has 3 N–H and O–H groups in total. The van der Waals surface area contributed by atoms with Crippen molar-refractivity contribution in [1.82, 2.24) is 0 Å². The van der Waals surface area contributed by atoms with Crippen LogP contribution in [0.4, 0.5) is 5.69 Å². The molecule has 0 radical (unpaired) electrons. The van der Waals surface area contributed by atoms with Crippen LogP contribution >= 0.6 is 0 Å². The summed E-state index contributed by atoms with van der Waals surface area (Å²) >= 11 is 0.945. The van der Waals surface area contributed by atoms with E-state index in [-0.39, 0.29) is 17.2 Å². The molecule has 1 aromatic rings. The Morgan fingerprint density at radius 1 is 1.47 bits per heavy atom. The van der Waals surface area contributed by atoms with Gasteiger partial charge in [-0.25, -0.2) is 0 Å². The molecule has 7 heteroatoms. The number of benzene rings is 1. The number of hydrogen-bond acceptors (Lipinski definition) is 4. The van der Waals surface area contributed by atoms with Crippen molar-refractivity contribution in [2.24, 2.45) is 5.73 Å². The number of rotatable bonds is 2. The van der Waals surface area contributed by atoms with Crippen molar-refractivity contribution in [3.63, 3.8) is 0 Å². The van der Waals surface area contributed by atoms with Crippen molar-refractivity contribution in [3.8, 4) is 0 Å². The molecular formula is C8H9N2NaO4. The first-order chi connectivity index (χ1) is 6.97. The van der Waals surface area contributed by atoms with Gasteiger partial charge in [-0.05, 0) is 0 Å². The number of carboxylic acid groups (broad SMARTS) is 1. The topological polar surface area (TPSA) is 106 Å². The summed E-state index contributed by atoms with van der Waals surface area (Å²) in [6, 6.07) is 6.62. The van der Waals surface area contributed by atoms with Gasteiger partial charge in [0.05, 0.1) is 6.54 Å². The van der Waals surface area contributed by atoms with E-state index in [2.05, 4.69) is 5.73 Å². The molecule has 76 valence electrons. The molecule has 0 saturated carbocycles. The fraction of sp³-hybridized carbons (Fsp3) is 0.125. The van der Waals surface area contributed by atoms with Gasteiger partial charge in [-0.15, -0.1) is 0 Å². The van der Waals surface area contributed by atoms with E-state index in [1.165, 1.54) is 14.9 Å². The van der Waals surface area contributed by atoms with Crippen LogP contribution in [0.3, 0.4) is 0 Å². The second kappa shape index (κ2) is 7.36. The second-order valence-electron chi connectivity index (χ2n) is 2.69. The molecule has 1 rings (SSSR count). The van der Waals surface area contributed by atoms with Crippen molar-refractivity contribution in [2.75, 3.05) is 6.54 Å². The van der Waals surface area contributed by atoms with E-state index in [1.807, 2.05) is 0 Å². The van der Waals surface area contributed by atoms with Gasteiger partial charge >= 0.3 is 81.7 Å². The number of hydrogen-bond donors (Lipinski definition) is 2. The molecule has 6 nitrogen and oxygen atoms in total. The van der Waals surface area contributed by atoms with Gasteiger partial charge in [0, 0.05) is 0 Å². The first kappa shape index (κ1) is 14.1. The number of nitrogens with zero attached hydrogens (tertiary/aromatic N) is 1. The van der Waals surface area contributed by atoms with Crippen molar-refractivity contribution in [3.05, 3.63) is 34.4 Å². The van der Waals surface area contributed by atoms with E-state index in [9.17, 15) is 14.9 Å². The summed E-state index contributed by atoms with van der Waals surface area (Å²) in [5.41, 5.74) is 4.74. The summed E-state index contributed by atoms with van der Waals surface area (Å²) < 4.78 is 1.17. The summed E-state index contributed by atoms with van der Waals surface area (Å²) in [7, 11) is 0. The maximum absolute atomic E-state index is 10.1. The Morgan fingerprint density at radius 3 is 2.13 bits per heavy atom. The number of aliphatic carboxylic acids is 1. The Labute approximate surface area is 104 Å². The number of carboxylic acids is 1. The molecule has 0 unspecified atom stereocenters. The molecule has 0 saturated heterocycles. The second-order valence-corrected chi connectivity index (χ2v) is 3.85. The Bertz CT molecular complexity index is 339. The van der Waals surface area contributed by atoms with E-state index in [4.69, 9.17) is 5.11 Å². The van der Waals surface area contributed by atoms with Crippen LogP contribution in [0.25, 0.3) is 0 Å². The van der Waals surface area contributed by atoms with Crippen LogP contribution in [0, 0.1) is 10.1 Å². The van der Waals surface area contributed by atoms with Crippen LogP contribution in [-0.2, 0) is 4.79 Å². The number of non-ortho nitro benzene ring substituents is 1. The van der Waals surface area contributed by atoms with Crippen LogP contribution in [0.5, 0.6) is 0 Å². The van der Waals surface area contributed by atoms with Gasteiger partial charge in [0.1, 0.15) is 0 Å². The molecule has 0 heterocycles. The third-order valence-corrected chi connectivity index (χ3v) is 2.09. The van der Waals surface area contributed by atoms with Gasteiger partial charge in [0.2, 0.25) is 0 Å². The number of nitrogens with two attached hydrogens (primary N) is 1. The number of carbonyl (C=O) groups is 1. The minimum atomic E-state index is -0.968. The molecule has 0 aromatic heterocycles. The molecular weight excluding hydrogens is 211 g/mol. The van der Waals surface area contributed by atoms with E-state index in [0.717, 1.165) is 27.9 Å². The van der Waals surface area contributed by atoms with Crippen LogP contribution in [0.1, 0.15) is 0 Å². The molecule has 0 aliphatic rings. The summed E-state index contributed by atoms with van der Waals surface area (Å²) in [6.07, 6.45) is 0. The summed E-state index contributed by atoms with van der Waals surface area (Å²) in [4.78, 5) is 19.0. The fourth-order valence-electron chi connectivity index (χ4n) is 0.666. The van der Waals surface area contributed by atoms with Crippen LogP contribution in [0.15, 0.2) is 24.3 Å². The van der Waals surface area contributed by atoms with Gasteiger partial charge in [-0.2, -0.15) is 0 Å². The van der Waals surface area contributed by atoms with Crippen molar-refractivity contribution < 1.29 is 14.8 Å². The van der Waals surface area contributed by atoms with Crippen molar-refractivity contribution in [1.29, 1.82) is 0 Å². The molecule has 0 aliphatic heterocycles. The third kappa shape index (κ3) is 7.03. The standard InChI is InChI=1S/C6H4NO2.C2H5NO2.Na/c8-7(9)6-4-2-1-3-5-6;3-1-2(4)5;/h2-5H;1,3H2,(H,4,5);. The molecule has 0 spiro atoms. The minimum absolute atomic E-state index is 0.166. The van der Waals surface area contributed by atoms with Crippen LogP contribution < -0.4 is 8.55 Å². The quantitative estimate of drug-likeness (QED) is 0.394. The molecule has 0 aliphatic carbocycles. The van der Waals surface area contributed by atoms with E-state index >= 15 is 0 Å². The Morgan fingerprint density at radius 2 is 1.87 bits per heavy atom. The van der Waals surface area contributed by atoms with Gasteiger partial charge in [-0.1, -0.05) is 0 Å².